The summed E-state index contributed by atoms with van der Waals surface area (Å²) in [5.74, 6) is -0.138. The zero-order chi connectivity index (χ0) is 21.5. The standard InChI is InChI=1S/C23H18Cl2N2O2S2/c24-18-14-6-1-3-8-16(14)30-20(18)22(28)26-10-5-11-27(13-12-26)23(29)21-19(25)15-7-2-4-9-17(15)31-21/h1-4,6-9H,5,10-13H2. The van der Waals surface area contributed by atoms with Gasteiger partial charge in [-0.3, -0.25) is 9.59 Å². The Morgan fingerprint density at radius 2 is 1.10 bits per heavy atom. The van der Waals surface area contributed by atoms with Crippen LogP contribution in [-0.4, -0.2) is 47.8 Å². The van der Waals surface area contributed by atoms with Gasteiger partial charge in [-0.25, -0.2) is 0 Å². The van der Waals surface area contributed by atoms with Crippen molar-refractivity contribution in [3.8, 4) is 0 Å². The van der Waals surface area contributed by atoms with Crippen molar-refractivity contribution in [2.45, 2.75) is 6.42 Å². The maximum Gasteiger partial charge on any atom is 0.265 e. The van der Waals surface area contributed by atoms with E-state index in [4.69, 9.17) is 23.2 Å². The Kier molecular flexibility index (Phi) is 5.65. The molecule has 0 radical (unpaired) electrons. The van der Waals surface area contributed by atoms with Crippen molar-refractivity contribution in [3.05, 3.63) is 68.3 Å². The van der Waals surface area contributed by atoms with Crippen LogP contribution in [0, 0.1) is 0 Å². The number of rotatable bonds is 2. The van der Waals surface area contributed by atoms with E-state index < -0.39 is 0 Å². The summed E-state index contributed by atoms with van der Waals surface area (Å²) in [7, 11) is 0. The maximum absolute atomic E-state index is 13.2. The van der Waals surface area contributed by atoms with Crippen molar-refractivity contribution in [2.75, 3.05) is 26.2 Å². The fraction of sp³-hybridized carbons (Fsp3) is 0.217. The fourth-order valence-corrected chi connectivity index (χ4v) is 6.87. The zero-order valence-corrected chi connectivity index (χ0v) is 19.6. The van der Waals surface area contributed by atoms with Gasteiger partial charge in [-0.1, -0.05) is 59.6 Å². The highest BCUT2D eigenvalue weighted by molar-refractivity contribution is 7.22. The van der Waals surface area contributed by atoms with E-state index in [0.717, 1.165) is 20.2 Å². The lowest BCUT2D eigenvalue weighted by molar-refractivity contribution is 0.0724. The van der Waals surface area contributed by atoms with Crippen LogP contribution in [0.2, 0.25) is 10.0 Å². The van der Waals surface area contributed by atoms with Crippen molar-refractivity contribution in [1.29, 1.82) is 0 Å². The zero-order valence-electron chi connectivity index (χ0n) is 16.4. The molecule has 1 saturated heterocycles. The molecule has 0 aliphatic carbocycles. The van der Waals surface area contributed by atoms with E-state index >= 15 is 0 Å². The van der Waals surface area contributed by atoms with E-state index in [2.05, 4.69) is 0 Å². The molecule has 8 heteroatoms. The Balaban J connectivity index is 1.34. The first-order valence-corrected chi connectivity index (χ1v) is 12.4. The SMILES string of the molecule is O=C(c1sc2ccccc2c1Cl)N1CCCN(C(=O)c2sc3ccccc3c2Cl)CC1. The number of hydrogen-bond donors (Lipinski definition) is 0. The highest BCUT2D eigenvalue weighted by atomic mass is 35.5. The Bertz CT molecular complexity index is 1210. The molecule has 0 spiro atoms. The lowest BCUT2D eigenvalue weighted by atomic mass is 10.2. The predicted octanol–water partition coefficient (Wildman–Crippen LogP) is 6.41. The number of carbonyl (C=O) groups is 2. The summed E-state index contributed by atoms with van der Waals surface area (Å²) >= 11 is 15.9. The van der Waals surface area contributed by atoms with Gasteiger partial charge in [0.1, 0.15) is 9.75 Å². The molecular formula is C23H18Cl2N2O2S2. The molecule has 5 rings (SSSR count). The van der Waals surface area contributed by atoms with Gasteiger partial charge in [0.15, 0.2) is 0 Å². The summed E-state index contributed by atoms with van der Waals surface area (Å²) in [6, 6.07) is 15.5. The fourth-order valence-electron chi connectivity index (χ4n) is 3.91. The maximum atomic E-state index is 13.2. The van der Waals surface area contributed by atoms with Crippen LogP contribution in [0.25, 0.3) is 20.2 Å². The van der Waals surface area contributed by atoms with Crippen LogP contribution in [0.4, 0.5) is 0 Å². The Hall–Kier alpha value is -2.12. The molecule has 31 heavy (non-hydrogen) atoms. The number of fused-ring (bicyclic) bond motifs is 2. The van der Waals surface area contributed by atoms with Crippen molar-refractivity contribution in [2.24, 2.45) is 0 Å². The molecule has 1 aliphatic rings. The highest BCUT2D eigenvalue weighted by Gasteiger charge is 2.28. The van der Waals surface area contributed by atoms with Crippen LogP contribution >= 0.6 is 45.9 Å². The third-order valence-electron chi connectivity index (χ3n) is 5.53. The molecule has 2 aromatic carbocycles. The molecule has 0 saturated carbocycles. The third kappa shape index (κ3) is 3.72. The minimum absolute atomic E-state index is 0.0691. The van der Waals surface area contributed by atoms with Gasteiger partial charge in [0.2, 0.25) is 0 Å². The summed E-state index contributed by atoms with van der Waals surface area (Å²) in [6.07, 6.45) is 0.711. The van der Waals surface area contributed by atoms with Crippen LogP contribution in [0.15, 0.2) is 48.5 Å². The summed E-state index contributed by atoms with van der Waals surface area (Å²) in [5.41, 5.74) is 0. The smallest absolute Gasteiger partial charge is 0.265 e. The van der Waals surface area contributed by atoms with Gasteiger partial charge in [-0.15, -0.1) is 22.7 Å². The molecule has 1 aliphatic heterocycles. The van der Waals surface area contributed by atoms with Crippen molar-refractivity contribution < 1.29 is 9.59 Å². The monoisotopic (exact) mass is 488 g/mol. The summed E-state index contributed by atoms with van der Waals surface area (Å²) in [6.45, 7) is 2.12. The molecular weight excluding hydrogens is 471 g/mol. The van der Waals surface area contributed by atoms with E-state index in [0.29, 0.717) is 52.4 Å². The molecule has 3 heterocycles. The molecule has 0 N–H and O–H groups in total. The second-order valence-corrected chi connectivity index (χ2v) is 10.3. The summed E-state index contributed by atoms with van der Waals surface area (Å²) in [5, 5.41) is 2.84. The first-order chi connectivity index (χ1) is 15.0. The molecule has 4 nitrogen and oxygen atoms in total. The molecule has 2 aromatic heterocycles. The predicted molar refractivity (Wildman–Crippen MR) is 130 cm³/mol. The number of thiophene rings is 2. The number of benzene rings is 2. The van der Waals surface area contributed by atoms with Crippen molar-refractivity contribution >= 4 is 77.9 Å². The number of halogens is 2. The lowest BCUT2D eigenvalue weighted by Crippen LogP contribution is -2.37. The largest absolute Gasteiger partial charge is 0.336 e. The molecule has 0 atom stereocenters. The van der Waals surface area contributed by atoms with Crippen LogP contribution in [-0.2, 0) is 0 Å². The minimum atomic E-state index is -0.0691. The Morgan fingerprint density at radius 1 is 0.677 bits per heavy atom. The second-order valence-electron chi connectivity index (χ2n) is 7.42. The summed E-state index contributed by atoms with van der Waals surface area (Å²) in [4.78, 5) is 31.1. The number of amides is 2. The highest BCUT2D eigenvalue weighted by Crippen LogP contribution is 2.37. The molecule has 158 valence electrons. The minimum Gasteiger partial charge on any atom is -0.336 e. The number of hydrogen-bond acceptors (Lipinski definition) is 4. The van der Waals surface area contributed by atoms with Gasteiger partial charge < -0.3 is 9.80 Å². The Labute approximate surface area is 197 Å². The number of carbonyl (C=O) groups excluding carboxylic acids is 2. The van der Waals surface area contributed by atoms with E-state index in [9.17, 15) is 9.59 Å². The van der Waals surface area contributed by atoms with Crippen LogP contribution in [0.3, 0.4) is 0 Å². The van der Waals surface area contributed by atoms with Crippen LogP contribution < -0.4 is 0 Å². The van der Waals surface area contributed by atoms with E-state index in [1.807, 2.05) is 48.5 Å². The van der Waals surface area contributed by atoms with Crippen LogP contribution in [0.5, 0.6) is 0 Å². The molecule has 4 aromatic rings. The number of nitrogens with zero attached hydrogens (tertiary/aromatic N) is 2. The van der Waals surface area contributed by atoms with Gasteiger partial charge >= 0.3 is 0 Å². The second kappa shape index (κ2) is 8.43. The molecule has 0 bridgehead atoms. The molecule has 0 unspecified atom stereocenters. The normalized spacial score (nSPS) is 14.9. The molecule has 2 amide bonds. The van der Waals surface area contributed by atoms with Crippen molar-refractivity contribution in [1.82, 2.24) is 9.80 Å². The quantitative estimate of drug-likeness (QED) is 0.327. The summed E-state index contributed by atoms with van der Waals surface area (Å²) < 4.78 is 2.00. The van der Waals surface area contributed by atoms with Gasteiger partial charge in [0.05, 0.1) is 10.0 Å². The first-order valence-electron chi connectivity index (χ1n) is 9.97. The van der Waals surface area contributed by atoms with E-state index in [-0.39, 0.29) is 11.8 Å². The first kappa shape index (κ1) is 20.8. The van der Waals surface area contributed by atoms with E-state index in [1.54, 1.807) is 9.80 Å². The average Bonchev–Trinajstić information content (AvgIpc) is 3.18. The third-order valence-corrected chi connectivity index (χ3v) is 8.86. The van der Waals surface area contributed by atoms with Gasteiger partial charge in [-0.05, 0) is 18.6 Å². The van der Waals surface area contributed by atoms with Gasteiger partial charge in [0.25, 0.3) is 11.8 Å². The van der Waals surface area contributed by atoms with Crippen molar-refractivity contribution in [3.63, 3.8) is 0 Å². The van der Waals surface area contributed by atoms with Gasteiger partial charge in [-0.2, -0.15) is 0 Å². The topological polar surface area (TPSA) is 40.6 Å². The van der Waals surface area contributed by atoms with Gasteiger partial charge in [0, 0.05) is 46.4 Å². The molecule has 1 fully saturated rings. The lowest BCUT2D eigenvalue weighted by Gasteiger charge is -2.21. The average molecular weight is 489 g/mol. The van der Waals surface area contributed by atoms with Crippen LogP contribution in [0.1, 0.15) is 25.8 Å². The van der Waals surface area contributed by atoms with E-state index in [1.165, 1.54) is 22.7 Å². The Morgan fingerprint density at radius 3 is 1.52 bits per heavy atom.